The summed E-state index contributed by atoms with van der Waals surface area (Å²) in [7, 11) is 0. The Morgan fingerprint density at radius 2 is 1.50 bits per heavy atom. The smallest absolute Gasteiger partial charge is 0.203 e. The van der Waals surface area contributed by atoms with E-state index in [1.165, 1.54) is 11.1 Å². The topological polar surface area (TPSA) is 27.7 Å². The van der Waals surface area contributed by atoms with Gasteiger partial charge >= 0.3 is 0 Å². The van der Waals surface area contributed by atoms with Gasteiger partial charge in [-0.3, -0.25) is 0 Å². The second kappa shape index (κ2) is 10.9. The summed E-state index contributed by atoms with van der Waals surface area (Å²) in [6.07, 6.45) is 2.82. The highest BCUT2D eigenvalue weighted by Gasteiger charge is 2.31. The first-order valence-electron chi connectivity index (χ1n) is 12.1. The summed E-state index contributed by atoms with van der Waals surface area (Å²) >= 11 is 0. The van der Waals surface area contributed by atoms with E-state index in [1.807, 2.05) is 18.2 Å². The Balaban J connectivity index is 1.72. The van der Waals surface area contributed by atoms with Gasteiger partial charge in [0.1, 0.15) is 5.75 Å². The quantitative estimate of drug-likeness (QED) is 0.397. The number of ether oxygens (including phenoxy) is 3. The molecule has 2 atom stereocenters. The Morgan fingerprint density at radius 1 is 0.875 bits per heavy atom. The van der Waals surface area contributed by atoms with Crippen LogP contribution in [0, 0.1) is 16.7 Å². The second-order valence-corrected chi connectivity index (χ2v) is 11.5. The van der Waals surface area contributed by atoms with E-state index in [4.69, 9.17) is 14.2 Å². The zero-order valence-corrected chi connectivity index (χ0v) is 20.9. The van der Waals surface area contributed by atoms with Gasteiger partial charge in [-0.2, -0.15) is 0 Å². The molecule has 0 bridgehead atoms. The summed E-state index contributed by atoms with van der Waals surface area (Å²) in [4.78, 5) is 0. The van der Waals surface area contributed by atoms with E-state index >= 15 is 0 Å². The fraction of sp³-hybridized carbons (Fsp3) is 0.586. The fourth-order valence-electron chi connectivity index (χ4n) is 4.46. The highest BCUT2D eigenvalue weighted by molar-refractivity contribution is 5.30. The van der Waals surface area contributed by atoms with Crippen LogP contribution in [0.25, 0.3) is 0 Å². The van der Waals surface area contributed by atoms with Gasteiger partial charge in [0, 0.05) is 19.1 Å². The van der Waals surface area contributed by atoms with Crippen LogP contribution in [0.3, 0.4) is 0 Å². The average molecular weight is 439 g/mol. The van der Waals surface area contributed by atoms with Gasteiger partial charge in [0.05, 0.1) is 6.61 Å². The molecule has 3 heteroatoms. The number of hydrogen-bond donors (Lipinski definition) is 0. The lowest BCUT2D eigenvalue weighted by molar-refractivity contribution is -0.142. The van der Waals surface area contributed by atoms with E-state index in [2.05, 4.69) is 77.9 Å². The van der Waals surface area contributed by atoms with E-state index in [1.54, 1.807) is 0 Å². The third-order valence-corrected chi connectivity index (χ3v) is 6.30. The molecule has 2 unspecified atom stereocenters. The van der Waals surface area contributed by atoms with Crippen LogP contribution in [0.2, 0.25) is 0 Å². The molecule has 0 N–H and O–H groups in total. The molecule has 2 aromatic carbocycles. The van der Waals surface area contributed by atoms with Crippen LogP contribution in [0.1, 0.15) is 77.8 Å². The first-order chi connectivity index (χ1) is 15.1. The van der Waals surface area contributed by atoms with Crippen molar-refractivity contribution in [1.29, 1.82) is 0 Å². The average Bonchev–Trinajstić information content (AvgIpc) is 2.75. The summed E-state index contributed by atoms with van der Waals surface area (Å²) in [6, 6.07) is 19.0. The summed E-state index contributed by atoms with van der Waals surface area (Å²) < 4.78 is 18.3. The van der Waals surface area contributed by atoms with Crippen molar-refractivity contribution in [2.45, 2.75) is 79.6 Å². The van der Waals surface area contributed by atoms with Crippen molar-refractivity contribution >= 4 is 0 Å². The van der Waals surface area contributed by atoms with Gasteiger partial charge in [-0.1, -0.05) is 84.0 Å². The number of hydrogen-bond acceptors (Lipinski definition) is 3. The van der Waals surface area contributed by atoms with Crippen molar-refractivity contribution in [2.24, 2.45) is 16.7 Å². The molecule has 0 aromatic heterocycles. The molecule has 176 valence electrons. The van der Waals surface area contributed by atoms with E-state index < -0.39 is 0 Å². The molecule has 1 fully saturated rings. The lowest BCUT2D eigenvalue weighted by Gasteiger charge is -2.36. The van der Waals surface area contributed by atoms with Crippen LogP contribution in [-0.4, -0.2) is 19.5 Å². The minimum Gasteiger partial charge on any atom is -0.465 e. The molecular weight excluding hydrogens is 396 g/mol. The maximum atomic E-state index is 6.42. The lowest BCUT2D eigenvalue weighted by Crippen LogP contribution is -2.34. The third kappa shape index (κ3) is 7.64. The molecule has 32 heavy (non-hydrogen) atoms. The Morgan fingerprint density at radius 3 is 2.06 bits per heavy atom. The molecule has 0 amide bonds. The Bertz CT molecular complexity index is 793. The first-order valence-corrected chi connectivity index (χ1v) is 12.1. The SMILES string of the molecule is CC(C)(C)CC(c1ccc(OC(OCc2ccccc2)C2CCOCC2)cc1)C(C)(C)C. The van der Waals surface area contributed by atoms with Gasteiger partial charge < -0.3 is 14.2 Å². The first kappa shape index (κ1) is 24.8. The molecule has 3 nitrogen and oxygen atoms in total. The van der Waals surface area contributed by atoms with E-state index in [0.717, 1.165) is 38.2 Å². The van der Waals surface area contributed by atoms with Crippen LogP contribution in [0.4, 0.5) is 0 Å². The standard InChI is InChI=1S/C29H42O3/c1-28(2,3)20-26(29(4,5)6)23-12-14-25(15-13-23)32-27(24-16-18-30-19-17-24)31-21-22-10-8-7-9-11-22/h7-15,24,26-27H,16-21H2,1-6H3. The largest absolute Gasteiger partial charge is 0.465 e. The Hall–Kier alpha value is -1.84. The van der Waals surface area contributed by atoms with Gasteiger partial charge in [-0.15, -0.1) is 0 Å². The van der Waals surface area contributed by atoms with Crippen LogP contribution in [0.5, 0.6) is 5.75 Å². The molecule has 1 aliphatic rings. The monoisotopic (exact) mass is 438 g/mol. The van der Waals surface area contributed by atoms with Crippen molar-refractivity contribution < 1.29 is 14.2 Å². The zero-order chi connectivity index (χ0) is 23.2. The molecule has 0 radical (unpaired) electrons. The molecule has 1 saturated heterocycles. The zero-order valence-electron chi connectivity index (χ0n) is 20.9. The van der Waals surface area contributed by atoms with Gasteiger partial charge in [0.15, 0.2) is 0 Å². The maximum absolute atomic E-state index is 6.42. The van der Waals surface area contributed by atoms with Crippen molar-refractivity contribution in [3.05, 3.63) is 65.7 Å². The van der Waals surface area contributed by atoms with Crippen LogP contribution in [-0.2, 0) is 16.1 Å². The minimum atomic E-state index is -0.266. The Labute approximate surface area is 195 Å². The third-order valence-electron chi connectivity index (χ3n) is 6.30. The van der Waals surface area contributed by atoms with Crippen molar-refractivity contribution in [2.75, 3.05) is 13.2 Å². The van der Waals surface area contributed by atoms with E-state index in [0.29, 0.717) is 18.4 Å². The molecule has 2 aromatic rings. The molecular formula is C29H42O3. The summed E-state index contributed by atoms with van der Waals surface area (Å²) in [5, 5.41) is 0. The molecule has 3 rings (SSSR count). The second-order valence-electron chi connectivity index (χ2n) is 11.5. The van der Waals surface area contributed by atoms with Gasteiger partial charge in [-0.05, 0) is 59.3 Å². The van der Waals surface area contributed by atoms with Crippen molar-refractivity contribution in [3.63, 3.8) is 0 Å². The Kier molecular flexibility index (Phi) is 8.41. The molecule has 0 spiro atoms. The number of rotatable bonds is 8. The van der Waals surface area contributed by atoms with Gasteiger partial charge in [0.25, 0.3) is 0 Å². The van der Waals surface area contributed by atoms with Crippen LogP contribution < -0.4 is 4.74 Å². The maximum Gasteiger partial charge on any atom is 0.203 e. The molecule has 1 heterocycles. The highest BCUT2D eigenvalue weighted by Crippen LogP contribution is 2.43. The summed E-state index contributed by atoms with van der Waals surface area (Å²) in [6.45, 7) is 16.1. The van der Waals surface area contributed by atoms with Crippen molar-refractivity contribution in [3.8, 4) is 5.75 Å². The van der Waals surface area contributed by atoms with Gasteiger partial charge in [0.2, 0.25) is 6.29 Å². The number of benzene rings is 2. The van der Waals surface area contributed by atoms with Crippen LogP contribution >= 0.6 is 0 Å². The lowest BCUT2D eigenvalue weighted by atomic mass is 9.69. The normalized spacial score (nSPS) is 17.7. The van der Waals surface area contributed by atoms with Gasteiger partial charge in [-0.25, -0.2) is 0 Å². The van der Waals surface area contributed by atoms with E-state index in [9.17, 15) is 0 Å². The predicted molar refractivity (Wildman–Crippen MR) is 132 cm³/mol. The molecule has 0 aliphatic carbocycles. The summed E-state index contributed by atoms with van der Waals surface area (Å²) in [5.41, 5.74) is 3.04. The highest BCUT2D eigenvalue weighted by atomic mass is 16.7. The minimum absolute atomic E-state index is 0.207. The molecule has 0 saturated carbocycles. The van der Waals surface area contributed by atoms with Crippen LogP contribution in [0.15, 0.2) is 54.6 Å². The predicted octanol–water partition coefficient (Wildman–Crippen LogP) is 7.60. The van der Waals surface area contributed by atoms with Crippen molar-refractivity contribution in [1.82, 2.24) is 0 Å². The molecule has 1 aliphatic heterocycles. The van der Waals surface area contributed by atoms with E-state index in [-0.39, 0.29) is 17.1 Å². The summed E-state index contributed by atoms with van der Waals surface area (Å²) in [5.74, 6) is 1.72. The fourth-order valence-corrected chi connectivity index (χ4v) is 4.46.